The highest BCUT2D eigenvalue weighted by Gasteiger charge is 2.16. The number of rotatable bonds is 4. The van der Waals surface area contributed by atoms with Gasteiger partial charge in [-0.25, -0.2) is 14.8 Å². The number of hydrogen-bond acceptors (Lipinski definition) is 6. The second-order valence-corrected chi connectivity index (χ2v) is 9.21. The summed E-state index contributed by atoms with van der Waals surface area (Å²) in [5.41, 5.74) is 4.24. The van der Waals surface area contributed by atoms with Gasteiger partial charge in [0, 0.05) is 22.5 Å². The molecule has 7 heteroatoms. The Morgan fingerprint density at radius 2 is 1.44 bits per heavy atom. The molecule has 0 saturated heterocycles. The predicted octanol–water partition coefficient (Wildman–Crippen LogP) is 6.68. The maximum Gasteiger partial charge on any atom is 0.337 e. The number of aromatic nitrogens is 2. The third-order valence-electron chi connectivity index (χ3n) is 6.57. The van der Waals surface area contributed by atoms with Gasteiger partial charge in [-0.05, 0) is 59.4 Å². The van der Waals surface area contributed by atoms with Gasteiger partial charge in [-0.2, -0.15) is 0 Å². The summed E-state index contributed by atoms with van der Waals surface area (Å²) in [5, 5.41) is 4.55. The fourth-order valence-electron chi connectivity index (χ4n) is 4.73. The van der Waals surface area contributed by atoms with Crippen LogP contribution in [-0.4, -0.2) is 34.8 Å². The molecule has 0 aliphatic rings. The molecule has 6 nitrogen and oxygen atoms in total. The summed E-state index contributed by atoms with van der Waals surface area (Å²) in [5.74, 6) is 2.70. The lowest BCUT2D eigenvalue weighted by Gasteiger charge is -2.23. The van der Waals surface area contributed by atoms with Crippen LogP contribution in [-0.2, 0) is 4.74 Å². The Labute approximate surface area is 229 Å². The minimum absolute atomic E-state index is 0.170. The van der Waals surface area contributed by atoms with Crippen molar-refractivity contribution >= 4 is 72.7 Å². The molecule has 0 spiro atoms. The molecule has 0 aliphatic heterocycles. The predicted molar refractivity (Wildman–Crippen MR) is 159 cm³/mol. The Morgan fingerprint density at radius 1 is 0.846 bits per heavy atom. The molecule has 6 aromatic rings. The summed E-state index contributed by atoms with van der Waals surface area (Å²) in [6.45, 7) is 0.188. The normalized spacial score (nSPS) is 11.0. The molecular weight excluding hydrogens is 506 g/mol. The number of methoxy groups -OCH3 is 1. The summed E-state index contributed by atoms with van der Waals surface area (Å²) >= 11 is 5.61. The number of terminal acetylenes is 1. The van der Waals surface area contributed by atoms with E-state index in [2.05, 4.69) is 30.2 Å². The molecule has 0 atom stereocenters. The van der Waals surface area contributed by atoms with E-state index >= 15 is 0 Å². The number of nitrogens with zero attached hydrogens (tertiary/aromatic N) is 3. The first-order valence-corrected chi connectivity index (χ1v) is 12.6. The molecule has 1 aromatic heterocycles. The van der Waals surface area contributed by atoms with Crippen molar-refractivity contribution in [3.05, 3.63) is 96.6 Å². The molecule has 39 heavy (non-hydrogen) atoms. The van der Waals surface area contributed by atoms with E-state index in [0.29, 0.717) is 22.5 Å². The lowest BCUT2D eigenvalue weighted by molar-refractivity contribution is 0.0600. The van der Waals surface area contributed by atoms with Crippen LogP contribution < -0.4 is 9.64 Å². The highest BCUT2D eigenvalue weighted by Crippen LogP contribution is 2.34. The zero-order valence-corrected chi connectivity index (χ0v) is 21.7. The van der Waals surface area contributed by atoms with Crippen molar-refractivity contribution in [3.63, 3.8) is 0 Å². The number of thiocarbonyl (C=S) groups is 1. The molecule has 188 valence electrons. The Kier molecular flexibility index (Phi) is 6.23. The number of esters is 1. The van der Waals surface area contributed by atoms with Gasteiger partial charge in [-0.15, -0.1) is 6.42 Å². The second kappa shape index (κ2) is 10.0. The number of benzene rings is 5. The van der Waals surface area contributed by atoms with Crippen LogP contribution in [0.2, 0.25) is 0 Å². The standard InChI is InChI=1S/C32H21N3O3S/c1-3-18-35(21-14-12-20(13-15-21)31(36)37-2)32(39)38-22-16-17-27-28(19-22)34-30-26-11-7-5-9-24(26)23-8-4-6-10-25(23)29(30)33-27/h1,4-17,19H,18H2,2H3. The van der Waals surface area contributed by atoms with Gasteiger partial charge in [0.15, 0.2) is 0 Å². The van der Waals surface area contributed by atoms with Gasteiger partial charge >= 0.3 is 5.97 Å². The first-order valence-electron chi connectivity index (χ1n) is 12.2. The van der Waals surface area contributed by atoms with Gasteiger partial charge < -0.3 is 9.47 Å². The van der Waals surface area contributed by atoms with Gasteiger partial charge in [0.2, 0.25) is 0 Å². The Bertz CT molecular complexity index is 1960. The summed E-state index contributed by atoms with van der Waals surface area (Å²) in [4.78, 5) is 23.5. The van der Waals surface area contributed by atoms with Gasteiger partial charge in [0.25, 0.3) is 5.17 Å². The van der Waals surface area contributed by atoms with Crippen LogP contribution in [0, 0.1) is 12.3 Å². The van der Waals surface area contributed by atoms with Crippen LogP contribution in [0.4, 0.5) is 5.69 Å². The number of carbonyl (C=O) groups is 1. The smallest absolute Gasteiger partial charge is 0.337 e. The van der Waals surface area contributed by atoms with Crippen molar-refractivity contribution in [3.8, 4) is 18.1 Å². The van der Waals surface area contributed by atoms with Gasteiger partial charge in [0.1, 0.15) is 5.75 Å². The molecule has 0 saturated carbocycles. The van der Waals surface area contributed by atoms with E-state index < -0.39 is 5.97 Å². The zero-order chi connectivity index (χ0) is 26.9. The van der Waals surface area contributed by atoms with Crippen molar-refractivity contribution in [2.24, 2.45) is 0 Å². The summed E-state index contributed by atoms with van der Waals surface area (Å²) in [6.07, 6.45) is 5.61. The molecule has 0 radical (unpaired) electrons. The molecule has 1 heterocycles. The first kappa shape index (κ1) is 24.3. The second-order valence-electron chi connectivity index (χ2n) is 8.86. The van der Waals surface area contributed by atoms with E-state index in [1.165, 1.54) is 7.11 Å². The maximum atomic E-state index is 11.8. The third-order valence-corrected chi connectivity index (χ3v) is 6.87. The average molecular weight is 528 g/mol. The largest absolute Gasteiger partial charge is 0.465 e. The summed E-state index contributed by atoms with van der Waals surface area (Å²) < 4.78 is 10.8. The van der Waals surface area contributed by atoms with Crippen LogP contribution in [0.1, 0.15) is 10.4 Å². The zero-order valence-electron chi connectivity index (χ0n) is 20.9. The van der Waals surface area contributed by atoms with E-state index in [1.54, 1.807) is 29.2 Å². The Balaban J connectivity index is 1.38. The molecule has 0 amide bonds. The highest BCUT2D eigenvalue weighted by atomic mass is 32.1. The molecule has 0 unspecified atom stereocenters. The van der Waals surface area contributed by atoms with E-state index in [0.717, 1.165) is 38.1 Å². The molecule has 0 N–H and O–H groups in total. The Morgan fingerprint density at radius 3 is 2.03 bits per heavy atom. The van der Waals surface area contributed by atoms with Crippen LogP contribution in [0.25, 0.3) is 43.6 Å². The number of hydrogen-bond donors (Lipinski definition) is 0. The molecule has 0 bridgehead atoms. The SMILES string of the molecule is C#CCN(C(=S)Oc1ccc2nc3c4ccccc4c4ccccc4c3nc2c1)c1ccc(C(=O)OC)cc1. The van der Waals surface area contributed by atoms with E-state index in [9.17, 15) is 4.79 Å². The summed E-state index contributed by atoms with van der Waals surface area (Å²) in [7, 11) is 1.34. The minimum atomic E-state index is -0.422. The van der Waals surface area contributed by atoms with Crippen LogP contribution >= 0.6 is 12.2 Å². The number of anilines is 1. The highest BCUT2D eigenvalue weighted by molar-refractivity contribution is 7.80. The minimum Gasteiger partial charge on any atom is -0.465 e. The van der Waals surface area contributed by atoms with Crippen molar-refractivity contribution in [1.29, 1.82) is 0 Å². The Hall–Kier alpha value is -5.06. The summed E-state index contributed by atoms with van der Waals surface area (Å²) in [6, 6.07) is 28.8. The van der Waals surface area contributed by atoms with Crippen molar-refractivity contribution < 1.29 is 14.3 Å². The topological polar surface area (TPSA) is 64.5 Å². The third kappa shape index (κ3) is 4.37. The van der Waals surface area contributed by atoms with Gasteiger partial charge in [-0.1, -0.05) is 54.5 Å². The fraction of sp³-hybridized carbons (Fsp3) is 0.0625. The van der Waals surface area contributed by atoms with Crippen LogP contribution in [0.3, 0.4) is 0 Å². The van der Waals surface area contributed by atoms with Crippen molar-refractivity contribution in [1.82, 2.24) is 9.97 Å². The monoisotopic (exact) mass is 527 g/mol. The number of fused-ring (bicyclic) bond motifs is 7. The molecule has 0 fully saturated rings. The van der Waals surface area contributed by atoms with Gasteiger partial charge in [-0.3, -0.25) is 4.90 Å². The van der Waals surface area contributed by atoms with Crippen molar-refractivity contribution in [2.45, 2.75) is 0 Å². The molecule has 0 aliphatic carbocycles. The number of ether oxygens (including phenoxy) is 2. The van der Waals surface area contributed by atoms with Crippen molar-refractivity contribution in [2.75, 3.05) is 18.6 Å². The lowest BCUT2D eigenvalue weighted by atomic mass is 9.99. The lowest BCUT2D eigenvalue weighted by Crippen LogP contribution is -2.33. The quantitative estimate of drug-likeness (QED) is 0.0833. The maximum absolute atomic E-state index is 11.8. The van der Waals surface area contributed by atoms with E-state index in [-0.39, 0.29) is 11.7 Å². The van der Waals surface area contributed by atoms with Gasteiger partial charge in [0.05, 0.1) is 41.3 Å². The average Bonchev–Trinajstić information content (AvgIpc) is 2.99. The molecule has 6 rings (SSSR count). The van der Waals surface area contributed by atoms with E-state index in [4.69, 9.17) is 38.1 Å². The molecular formula is C32H21N3O3S. The van der Waals surface area contributed by atoms with Crippen LogP contribution in [0.5, 0.6) is 5.75 Å². The van der Waals surface area contributed by atoms with Crippen LogP contribution in [0.15, 0.2) is 91.0 Å². The fourth-order valence-corrected chi connectivity index (χ4v) is 4.99. The molecule has 5 aromatic carbocycles. The first-order chi connectivity index (χ1) is 19.1. The number of carbonyl (C=O) groups excluding carboxylic acids is 1. The van der Waals surface area contributed by atoms with E-state index in [1.807, 2.05) is 42.5 Å².